The van der Waals surface area contributed by atoms with Gasteiger partial charge in [0.15, 0.2) is 0 Å². The lowest BCUT2D eigenvalue weighted by Crippen LogP contribution is -2.16. The molecule has 0 bridgehead atoms. The molecule has 0 spiro atoms. The molecule has 1 aromatic carbocycles. The molecule has 0 aliphatic carbocycles. The average Bonchev–Trinajstić information content (AvgIpc) is 2.62. The summed E-state index contributed by atoms with van der Waals surface area (Å²) >= 11 is 3.49. The van der Waals surface area contributed by atoms with Crippen LogP contribution in [-0.2, 0) is 16.1 Å². The third kappa shape index (κ3) is 2.69. The predicted molar refractivity (Wildman–Crippen MR) is 70.9 cm³/mol. The number of carbonyl (C=O) groups is 1. The normalized spacial score (nSPS) is 11.1. The van der Waals surface area contributed by atoms with Gasteiger partial charge < -0.3 is 9.30 Å². The van der Waals surface area contributed by atoms with Crippen LogP contribution in [0.3, 0.4) is 0 Å². The fourth-order valence-electron chi connectivity index (χ4n) is 1.76. The molecule has 0 saturated heterocycles. The molecule has 0 amide bonds. The third-order valence-electron chi connectivity index (χ3n) is 2.43. The summed E-state index contributed by atoms with van der Waals surface area (Å²) in [7, 11) is 0. The van der Waals surface area contributed by atoms with Crippen LogP contribution in [0.2, 0.25) is 0 Å². The van der Waals surface area contributed by atoms with Crippen LogP contribution < -0.4 is 0 Å². The molecule has 2 rings (SSSR count). The zero-order chi connectivity index (χ0) is 12.4. The number of benzene rings is 1. The van der Waals surface area contributed by atoms with E-state index in [1.807, 2.05) is 48.9 Å². The largest absolute Gasteiger partial charge is 0.462 e. The van der Waals surface area contributed by atoms with Crippen molar-refractivity contribution in [3.8, 4) is 0 Å². The second-order valence-electron chi connectivity index (χ2n) is 4.15. The topological polar surface area (TPSA) is 31.2 Å². The molecule has 0 atom stereocenters. The number of hydrogen-bond acceptors (Lipinski definition) is 2. The highest BCUT2D eigenvalue weighted by atomic mass is 79.9. The zero-order valence-corrected chi connectivity index (χ0v) is 11.4. The Kier molecular flexibility index (Phi) is 3.52. The minimum absolute atomic E-state index is 0.0731. The number of aromatic nitrogens is 1. The fourth-order valence-corrected chi connectivity index (χ4v) is 2.25. The van der Waals surface area contributed by atoms with E-state index in [9.17, 15) is 4.79 Å². The number of carbonyl (C=O) groups excluding carboxylic acids is 1. The summed E-state index contributed by atoms with van der Waals surface area (Å²) in [6.45, 7) is 3.95. The van der Waals surface area contributed by atoms with Crippen molar-refractivity contribution in [1.29, 1.82) is 0 Å². The van der Waals surface area contributed by atoms with E-state index in [1.54, 1.807) is 0 Å². The molecule has 1 aromatic heterocycles. The van der Waals surface area contributed by atoms with E-state index >= 15 is 0 Å². The molecule has 0 unspecified atom stereocenters. The van der Waals surface area contributed by atoms with Gasteiger partial charge in [0.05, 0.1) is 6.10 Å². The van der Waals surface area contributed by atoms with E-state index in [0.29, 0.717) is 0 Å². The maximum Gasteiger partial charge on any atom is 0.326 e. The molecular formula is C13H14BrNO2. The molecule has 0 radical (unpaired) electrons. The maximum atomic E-state index is 11.6. The van der Waals surface area contributed by atoms with Gasteiger partial charge in [-0.3, -0.25) is 4.79 Å². The fraction of sp³-hybridized carbons (Fsp3) is 0.308. The summed E-state index contributed by atoms with van der Waals surface area (Å²) in [6.07, 6.45) is 1.83. The first-order chi connectivity index (χ1) is 8.08. The Labute approximate surface area is 108 Å². The molecule has 0 aliphatic heterocycles. The lowest BCUT2D eigenvalue weighted by atomic mass is 10.2. The Morgan fingerprint density at radius 3 is 2.88 bits per heavy atom. The van der Waals surface area contributed by atoms with Gasteiger partial charge in [-0.2, -0.15) is 0 Å². The summed E-state index contributed by atoms with van der Waals surface area (Å²) in [5.74, 6) is -0.211. The molecule has 0 N–H and O–H groups in total. The number of halogens is 1. The molecule has 17 heavy (non-hydrogen) atoms. The van der Waals surface area contributed by atoms with Crippen LogP contribution >= 0.6 is 15.9 Å². The molecular weight excluding hydrogens is 282 g/mol. The molecule has 3 nitrogen and oxygen atoms in total. The van der Waals surface area contributed by atoms with Crippen LogP contribution in [0.15, 0.2) is 34.9 Å². The molecule has 0 fully saturated rings. The van der Waals surface area contributed by atoms with Gasteiger partial charge >= 0.3 is 5.97 Å². The summed E-state index contributed by atoms with van der Waals surface area (Å²) in [5.41, 5.74) is 1.03. The average molecular weight is 296 g/mol. The Balaban J connectivity index is 2.25. The molecule has 1 heterocycles. The summed E-state index contributed by atoms with van der Waals surface area (Å²) in [6, 6.07) is 7.92. The first-order valence-corrected chi connectivity index (χ1v) is 6.30. The van der Waals surface area contributed by atoms with Crippen LogP contribution in [0.4, 0.5) is 0 Å². The van der Waals surface area contributed by atoms with Gasteiger partial charge in [0.25, 0.3) is 0 Å². The highest BCUT2D eigenvalue weighted by Gasteiger charge is 2.09. The zero-order valence-electron chi connectivity index (χ0n) is 9.81. The van der Waals surface area contributed by atoms with Gasteiger partial charge in [0, 0.05) is 21.6 Å². The first kappa shape index (κ1) is 12.2. The van der Waals surface area contributed by atoms with Crippen LogP contribution in [0.25, 0.3) is 10.9 Å². The van der Waals surface area contributed by atoms with Gasteiger partial charge in [-0.15, -0.1) is 0 Å². The van der Waals surface area contributed by atoms with Crippen LogP contribution in [0.1, 0.15) is 13.8 Å². The minimum atomic E-state index is -0.211. The lowest BCUT2D eigenvalue weighted by molar-refractivity contribution is -0.148. The SMILES string of the molecule is CC(C)OC(=O)Cn1ccc2c(Br)cccc21. The van der Waals surface area contributed by atoms with Crippen LogP contribution in [0, 0.1) is 0 Å². The number of ether oxygens (including phenoxy) is 1. The van der Waals surface area contributed by atoms with Crippen molar-refractivity contribution >= 4 is 32.8 Å². The molecule has 0 saturated carbocycles. The number of rotatable bonds is 3. The maximum absolute atomic E-state index is 11.6. The predicted octanol–water partition coefficient (Wildman–Crippen LogP) is 3.36. The first-order valence-electron chi connectivity index (χ1n) is 5.51. The summed E-state index contributed by atoms with van der Waals surface area (Å²) < 4.78 is 8.06. The quantitative estimate of drug-likeness (QED) is 0.813. The van der Waals surface area contributed by atoms with E-state index in [1.165, 1.54) is 0 Å². The van der Waals surface area contributed by atoms with E-state index < -0.39 is 0 Å². The second kappa shape index (κ2) is 4.92. The van der Waals surface area contributed by atoms with E-state index in [2.05, 4.69) is 15.9 Å². The van der Waals surface area contributed by atoms with E-state index in [-0.39, 0.29) is 18.6 Å². The van der Waals surface area contributed by atoms with Gasteiger partial charge in [0.2, 0.25) is 0 Å². The van der Waals surface area contributed by atoms with Gasteiger partial charge in [-0.25, -0.2) is 0 Å². The lowest BCUT2D eigenvalue weighted by Gasteiger charge is -2.09. The minimum Gasteiger partial charge on any atom is -0.462 e. The van der Waals surface area contributed by atoms with Crippen molar-refractivity contribution in [1.82, 2.24) is 4.57 Å². The Morgan fingerprint density at radius 1 is 1.41 bits per heavy atom. The van der Waals surface area contributed by atoms with Crippen molar-refractivity contribution in [2.75, 3.05) is 0 Å². The standard InChI is InChI=1S/C13H14BrNO2/c1-9(2)17-13(16)8-15-7-6-10-11(14)4-3-5-12(10)15/h3-7,9H,8H2,1-2H3. The Bertz CT molecular complexity index is 545. The molecule has 4 heteroatoms. The summed E-state index contributed by atoms with van der Waals surface area (Å²) in [5, 5.41) is 1.10. The Hall–Kier alpha value is -1.29. The number of fused-ring (bicyclic) bond motifs is 1. The third-order valence-corrected chi connectivity index (χ3v) is 3.12. The number of nitrogens with zero attached hydrogens (tertiary/aromatic N) is 1. The van der Waals surface area contributed by atoms with Crippen molar-refractivity contribution < 1.29 is 9.53 Å². The number of hydrogen-bond donors (Lipinski definition) is 0. The van der Waals surface area contributed by atoms with Crippen molar-refractivity contribution in [2.24, 2.45) is 0 Å². The van der Waals surface area contributed by atoms with Crippen LogP contribution in [0.5, 0.6) is 0 Å². The van der Waals surface area contributed by atoms with Crippen molar-refractivity contribution in [3.63, 3.8) is 0 Å². The van der Waals surface area contributed by atoms with Crippen LogP contribution in [-0.4, -0.2) is 16.6 Å². The molecule has 0 aliphatic rings. The second-order valence-corrected chi connectivity index (χ2v) is 5.01. The molecule has 90 valence electrons. The summed E-state index contributed by atoms with van der Waals surface area (Å²) in [4.78, 5) is 11.6. The van der Waals surface area contributed by atoms with Crippen molar-refractivity contribution in [3.05, 3.63) is 34.9 Å². The monoisotopic (exact) mass is 295 g/mol. The highest BCUT2D eigenvalue weighted by Crippen LogP contribution is 2.24. The number of esters is 1. The van der Waals surface area contributed by atoms with Crippen molar-refractivity contribution in [2.45, 2.75) is 26.5 Å². The van der Waals surface area contributed by atoms with E-state index in [0.717, 1.165) is 15.4 Å². The van der Waals surface area contributed by atoms with Gasteiger partial charge in [0.1, 0.15) is 6.54 Å². The van der Waals surface area contributed by atoms with Gasteiger partial charge in [-0.1, -0.05) is 22.0 Å². The Morgan fingerprint density at radius 2 is 2.18 bits per heavy atom. The molecule has 2 aromatic rings. The van der Waals surface area contributed by atoms with Gasteiger partial charge in [-0.05, 0) is 32.0 Å². The highest BCUT2D eigenvalue weighted by molar-refractivity contribution is 9.10. The van der Waals surface area contributed by atoms with E-state index in [4.69, 9.17) is 4.74 Å². The smallest absolute Gasteiger partial charge is 0.326 e.